The molecule has 1 unspecified atom stereocenters. The summed E-state index contributed by atoms with van der Waals surface area (Å²) in [5.41, 5.74) is 1.22. The SMILES string of the molecule is CCC(C(=O)NC(C)C)N(Cc1c(Cl)cccc1Cl)C(=O)Cc1ccc(Cl)cc1Cl. The Labute approximate surface area is 197 Å². The number of halogens is 4. The van der Waals surface area contributed by atoms with Gasteiger partial charge >= 0.3 is 0 Å². The average molecular weight is 490 g/mol. The smallest absolute Gasteiger partial charge is 0.243 e. The van der Waals surface area contributed by atoms with Crippen LogP contribution in [-0.4, -0.2) is 28.8 Å². The first-order valence-electron chi connectivity index (χ1n) is 9.60. The molecule has 2 aromatic carbocycles. The van der Waals surface area contributed by atoms with Crippen molar-refractivity contribution in [2.75, 3.05) is 0 Å². The van der Waals surface area contributed by atoms with E-state index >= 15 is 0 Å². The van der Waals surface area contributed by atoms with Gasteiger partial charge in [-0.15, -0.1) is 0 Å². The van der Waals surface area contributed by atoms with Gasteiger partial charge in [0.15, 0.2) is 0 Å². The molecule has 0 aliphatic rings. The molecule has 8 heteroatoms. The first-order chi connectivity index (χ1) is 14.1. The lowest BCUT2D eigenvalue weighted by Gasteiger charge is -2.32. The van der Waals surface area contributed by atoms with Crippen molar-refractivity contribution >= 4 is 58.2 Å². The second-order valence-electron chi connectivity index (χ2n) is 7.22. The molecule has 0 saturated carbocycles. The van der Waals surface area contributed by atoms with Crippen molar-refractivity contribution in [1.29, 1.82) is 0 Å². The standard InChI is InChI=1S/C22H24Cl4N2O2/c1-4-20(22(30)27-13(2)3)28(12-16-17(24)6-5-7-18(16)25)21(29)10-14-8-9-15(23)11-19(14)26/h5-9,11,13,20H,4,10,12H2,1-3H3,(H,27,30). The summed E-state index contributed by atoms with van der Waals surface area (Å²) < 4.78 is 0. The van der Waals surface area contributed by atoms with Crippen LogP contribution in [-0.2, 0) is 22.6 Å². The van der Waals surface area contributed by atoms with Gasteiger partial charge in [0.2, 0.25) is 11.8 Å². The molecule has 0 fully saturated rings. The molecule has 2 aromatic rings. The second kappa shape index (κ2) is 11.2. The van der Waals surface area contributed by atoms with E-state index in [4.69, 9.17) is 46.4 Å². The molecule has 30 heavy (non-hydrogen) atoms. The van der Waals surface area contributed by atoms with Crippen LogP contribution in [0.4, 0.5) is 0 Å². The van der Waals surface area contributed by atoms with E-state index in [1.54, 1.807) is 36.4 Å². The highest BCUT2D eigenvalue weighted by Gasteiger charge is 2.30. The molecule has 2 rings (SSSR count). The summed E-state index contributed by atoms with van der Waals surface area (Å²) in [6.45, 7) is 5.70. The summed E-state index contributed by atoms with van der Waals surface area (Å²) >= 11 is 24.9. The number of carbonyl (C=O) groups is 2. The Balaban J connectivity index is 2.40. The first-order valence-corrected chi connectivity index (χ1v) is 11.1. The van der Waals surface area contributed by atoms with Crippen molar-refractivity contribution in [3.63, 3.8) is 0 Å². The number of nitrogens with one attached hydrogen (secondary N) is 1. The Morgan fingerprint density at radius 2 is 1.63 bits per heavy atom. The Hall–Kier alpha value is -1.46. The number of hydrogen-bond acceptors (Lipinski definition) is 2. The maximum Gasteiger partial charge on any atom is 0.243 e. The molecular weight excluding hydrogens is 466 g/mol. The molecule has 0 radical (unpaired) electrons. The summed E-state index contributed by atoms with van der Waals surface area (Å²) in [6, 6.07) is 9.37. The van der Waals surface area contributed by atoms with Gasteiger partial charge < -0.3 is 10.2 Å². The predicted octanol–water partition coefficient (Wildman–Crippen LogP) is 6.17. The van der Waals surface area contributed by atoms with Gasteiger partial charge in [0.05, 0.1) is 6.42 Å². The Morgan fingerprint density at radius 3 is 2.17 bits per heavy atom. The predicted molar refractivity (Wildman–Crippen MR) is 125 cm³/mol. The van der Waals surface area contributed by atoms with Crippen LogP contribution in [0.5, 0.6) is 0 Å². The van der Waals surface area contributed by atoms with E-state index in [1.807, 2.05) is 20.8 Å². The summed E-state index contributed by atoms with van der Waals surface area (Å²) in [6.07, 6.45) is 0.449. The third-order valence-electron chi connectivity index (χ3n) is 4.56. The minimum Gasteiger partial charge on any atom is -0.352 e. The van der Waals surface area contributed by atoms with Crippen molar-refractivity contribution in [2.24, 2.45) is 0 Å². The van der Waals surface area contributed by atoms with Crippen LogP contribution >= 0.6 is 46.4 Å². The molecule has 0 bridgehead atoms. The average Bonchev–Trinajstić information content (AvgIpc) is 2.65. The van der Waals surface area contributed by atoms with E-state index in [2.05, 4.69) is 5.32 Å². The highest BCUT2D eigenvalue weighted by molar-refractivity contribution is 6.36. The van der Waals surface area contributed by atoms with Crippen molar-refractivity contribution in [3.8, 4) is 0 Å². The monoisotopic (exact) mass is 488 g/mol. The van der Waals surface area contributed by atoms with Crippen LogP contribution in [0, 0.1) is 0 Å². The molecule has 0 aromatic heterocycles. The van der Waals surface area contributed by atoms with E-state index in [9.17, 15) is 9.59 Å². The highest BCUT2D eigenvalue weighted by atomic mass is 35.5. The van der Waals surface area contributed by atoms with Gasteiger partial charge in [0.1, 0.15) is 6.04 Å². The Morgan fingerprint density at radius 1 is 1.00 bits per heavy atom. The van der Waals surface area contributed by atoms with E-state index in [1.165, 1.54) is 4.90 Å². The zero-order valence-electron chi connectivity index (χ0n) is 17.0. The normalized spacial score (nSPS) is 12.0. The Bertz CT molecular complexity index is 898. The van der Waals surface area contributed by atoms with Gasteiger partial charge in [0, 0.05) is 38.2 Å². The minimum atomic E-state index is -0.682. The maximum absolute atomic E-state index is 13.3. The molecule has 0 spiro atoms. The van der Waals surface area contributed by atoms with Crippen LogP contribution in [0.25, 0.3) is 0 Å². The zero-order valence-corrected chi connectivity index (χ0v) is 20.0. The fourth-order valence-corrected chi connectivity index (χ4v) is 4.08. The van der Waals surface area contributed by atoms with Crippen molar-refractivity contribution in [2.45, 2.75) is 52.2 Å². The number of amides is 2. The van der Waals surface area contributed by atoms with Gasteiger partial charge in [0.25, 0.3) is 0 Å². The van der Waals surface area contributed by atoms with Crippen LogP contribution in [0.1, 0.15) is 38.3 Å². The molecule has 0 heterocycles. The summed E-state index contributed by atoms with van der Waals surface area (Å²) in [5, 5.41) is 4.63. The Kier molecular flexibility index (Phi) is 9.30. The molecular formula is C22H24Cl4N2O2. The number of benzene rings is 2. The third kappa shape index (κ3) is 6.52. The van der Waals surface area contributed by atoms with E-state index in [-0.39, 0.29) is 30.8 Å². The van der Waals surface area contributed by atoms with Crippen LogP contribution in [0.2, 0.25) is 20.1 Å². The summed E-state index contributed by atoms with van der Waals surface area (Å²) in [4.78, 5) is 27.7. The molecule has 162 valence electrons. The third-order valence-corrected chi connectivity index (χ3v) is 5.86. The molecule has 0 aliphatic heterocycles. The van der Waals surface area contributed by atoms with Crippen LogP contribution < -0.4 is 5.32 Å². The lowest BCUT2D eigenvalue weighted by Crippen LogP contribution is -2.50. The van der Waals surface area contributed by atoms with Crippen LogP contribution in [0.15, 0.2) is 36.4 Å². The number of nitrogens with zero attached hydrogens (tertiary/aromatic N) is 1. The fourth-order valence-electron chi connectivity index (χ4n) is 3.08. The van der Waals surface area contributed by atoms with Crippen molar-refractivity contribution < 1.29 is 9.59 Å². The molecule has 0 saturated heterocycles. The topological polar surface area (TPSA) is 49.4 Å². The quantitative estimate of drug-likeness (QED) is 0.481. The maximum atomic E-state index is 13.3. The van der Waals surface area contributed by atoms with E-state index < -0.39 is 6.04 Å². The van der Waals surface area contributed by atoms with Gasteiger partial charge in [-0.05, 0) is 50.1 Å². The largest absolute Gasteiger partial charge is 0.352 e. The molecule has 1 N–H and O–H groups in total. The van der Waals surface area contributed by atoms with Crippen LogP contribution in [0.3, 0.4) is 0 Å². The van der Waals surface area contributed by atoms with Gasteiger partial charge in [-0.25, -0.2) is 0 Å². The van der Waals surface area contributed by atoms with E-state index in [0.717, 1.165) is 0 Å². The number of carbonyl (C=O) groups excluding carboxylic acids is 2. The second-order valence-corrected chi connectivity index (χ2v) is 8.88. The summed E-state index contributed by atoms with van der Waals surface area (Å²) in [7, 11) is 0. The summed E-state index contributed by atoms with van der Waals surface area (Å²) in [5.74, 6) is -0.493. The molecule has 1 atom stereocenters. The lowest BCUT2D eigenvalue weighted by atomic mass is 10.1. The fraction of sp³-hybridized carbons (Fsp3) is 0.364. The number of hydrogen-bond donors (Lipinski definition) is 1. The van der Waals surface area contributed by atoms with Gasteiger partial charge in [-0.3, -0.25) is 9.59 Å². The molecule has 0 aliphatic carbocycles. The lowest BCUT2D eigenvalue weighted by molar-refractivity contribution is -0.141. The highest BCUT2D eigenvalue weighted by Crippen LogP contribution is 2.28. The van der Waals surface area contributed by atoms with Gasteiger partial charge in [-0.1, -0.05) is 65.5 Å². The number of rotatable bonds is 8. The van der Waals surface area contributed by atoms with Crippen molar-refractivity contribution in [1.82, 2.24) is 10.2 Å². The molecule has 4 nitrogen and oxygen atoms in total. The minimum absolute atomic E-state index is 0.0174. The van der Waals surface area contributed by atoms with Gasteiger partial charge in [-0.2, -0.15) is 0 Å². The first kappa shape index (κ1) is 24.8. The van der Waals surface area contributed by atoms with E-state index in [0.29, 0.717) is 37.6 Å². The zero-order chi connectivity index (χ0) is 22.4. The van der Waals surface area contributed by atoms with Crippen molar-refractivity contribution in [3.05, 3.63) is 67.6 Å². The molecule has 2 amide bonds.